The van der Waals surface area contributed by atoms with Crippen LogP contribution in [0.25, 0.3) is 5.69 Å². The predicted octanol–water partition coefficient (Wildman–Crippen LogP) is 4.42. The standard InChI is InChI=1S/C16H17N3S/c1-12(16-11-20-13(2)18-16)17-14-6-5-7-15(10-14)19-8-3-4-9-19/h3-12,17H,1-2H3. The van der Waals surface area contributed by atoms with Gasteiger partial charge in [0.05, 0.1) is 16.7 Å². The third-order valence-electron chi connectivity index (χ3n) is 3.21. The Hall–Kier alpha value is -2.07. The largest absolute Gasteiger partial charge is 0.377 e. The molecule has 0 radical (unpaired) electrons. The van der Waals surface area contributed by atoms with E-state index in [0.717, 1.165) is 22.1 Å². The van der Waals surface area contributed by atoms with E-state index in [4.69, 9.17) is 0 Å². The third kappa shape index (κ3) is 2.75. The fourth-order valence-electron chi connectivity index (χ4n) is 2.17. The van der Waals surface area contributed by atoms with Crippen molar-refractivity contribution in [2.45, 2.75) is 19.9 Å². The first-order valence-electron chi connectivity index (χ1n) is 6.64. The molecule has 102 valence electrons. The highest BCUT2D eigenvalue weighted by Crippen LogP contribution is 2.22. The van der Waals surface area contributed by atoms with Crippen molar-refractivity contribution in [3.8, 4) is 5.69 Å². The van der Waals surface area contributed by atoms with Crippen molar-refractivity contribution in [3.63, 3.8) is 0 Å². The molecular formula is C16H17N3S. The van der Waals surface area contributed by atoms with Crippen LogP contribution in [0.4, 0.5) is 5.69 Å². The molecule has 0 bridgehead atoms. The van der Waals surface area contributed by atoms with Gasteiger partial charge in [0.1, 0.15) is 0 Å². The van der Waals surface area contributed by atoms with Gasteiger partial charge in [0, 0.05) is 29.1 Å². The van der Waals surface area contributed by atoms with E-state index in [1.54, 1.807) is 11.3 Å². The van der Waals surface area contributed by atoms with E-state index in [0.29, 0.717) is 0 Å². The first-order valence-corrected chi connectivity index (χ1v) is 7.52. The molecule has 3 aromatic rings. The molecule has 20 heavy (non-hydrogen) atoms. The molecule has 2 heterocycles. The maximum atomic E-state index is 4.53. The van der Waals surface area contributed by atoms with Crippen LogP contribution >= 0.6 is 11.3 Å². The highest BCUT2D eigenvalue weighted by molar-refractivity contribution is 7.09. The van der Waals surface area contributed by atoms with Crippen molar-refractivity contribution in [1.29, 1.82) is 0 Å². The third-order valence-corrected chi connectivity index (χ3v) is 4.00. The van der Waals surface area contributed by atoms with Gasteiger partial charge in [-0.15, -0.1) is 11.3 Å². The number of benzene rings is 1. The van der Waals surface area contributed by atoms with Crippen molar-refractivity contribution in [3.05, 3.63) is 64.9 Å². The zero-order chi connectivity index (χ0) is 13.9. The summed E-state index contributed by atoms with van der Waals surface area (Å²) in [5.74, 6) is 0. The van der Waals surface area contributed by atoms with Crippen LogP contribution in [0, 0.1) is 6.92 Å². The molecule has 0 amide bonds. The van der Waals surface area contributed by atoms with Crippen LogP contribution in [0.2, 0.25) is 0 Å². The Labute approximate surface area is 122 Å². The number of hydrogen-bond acceptors (Lipinski definition) is 3. The second-order valence-corrected chi connectivity index (χ2v) is 5.86. The van der Waals surface area contributed by atoms with Gasteiger partial charge in [-0.1, -0.05) is 6.07 Å². The summed E-state index contributed by atoms with van der Waals surface area (Å²) in [4.78, 5) is 4.53. The minimum Gasteiger partial charge on any atom is -0.377 e. The van der Waals surface area contributed by atoms with Gasteiger partial charge in [-0.2, -0.15) is 0 Å². The van der Waals surface area contributed by atoms with Gasteiger partial charge in [-0.3, -0.25) is 0 Å². The minimum atomic E-state index is 0.208. The summed E-state index contributed by atoms with van der Waals surface area (Å²) in [6.45, 7) is 4.17. The lowest BCUT2D eigenvalue weighted by Crippen LogP contribution is -2.07. The van der Waals surface area contributed by atoms with Gasteiger partial charge in [-0.05, 0) is 44.2 Å². The zero-order valence-corrected chi connectivity index (χ0v) is 12.4. The summed E-state index contributed by atoms with van der Waals surface area (Å²) in [5.41, 5.74) is 3.36. The van der Waals surface area contributed by atoms with E-state index >= 15 is 0 Å². The smallest absolute Gasteiger partial charge is 0.0898 e. The van der Waals surface area contributed by atoms with E-state index in [-0.39, 0.29) is 6.04 Å². The number of aromatic nitrogens is 2. The fraction of sp³-hybridized carbons (Fsp3) is 0.188. The fourth-order valence-corrected chi connectivity index (χ4v) is 2.87. The highest BCUT2D eigenvalue weighted by atomic mass is 32.1. The SMILES string of the molecule is Cc1nc(C(C)Nc2cccc(-n3cccc3)c2)cs1. The van der Waals surface area contributed by atoms with E-state index in [1.807, 2.05) is 31.5 Å². The molecular weight excluding hydrogens is 266 g/mol. The second kappa shape index (κ2) is 5.51. The normalized spacial score (nSPS) is 12.3. The molecule has 0 spiro atoms. The van der Waals surface area contributed by atoms with Crippen LogP contribution in [0.15, 0.2) is 54.2 Å². The number of hydrogen-bond donors (Lipinski definition) is 1. The van der Waals surface area contributed by atoms with Crippen molar-refractivity contribution in [2.24, 2.45) is 0 Å². The topological polar surface area (TPSA) is 29.9 Å². The lowest BCUT2D eigenvalue weighted by molar-refractivity contribution is 0.845. The Kier molecular flexibility index (Phi) is 3.56. The molecule has 3 rings (SSSR count). The van der Waals surface area contributed by atoms with E-state index < -0.39 is 0 Å². The molecule has 0 saturated heterocycles. The molecule has 0 fully saturated rings. The van der Waals surface area contributed by atoms with E-state index in [1.165, 1.54) is 0 Å². The molecule has 0 aliphatic rings. The average Bonchev–Trinajstić information content (AvgIpc) is 3.10. The number of nitrogens with one attached hydrogen (secondary N) is 1. The van der Waals surface area contributed by atoms with Gasteiger partial charge in [-0.25, -0.2) is 4.98 Å². The first kappa shape index (κ1) is 12.9. The lowest BCUT2D eigenvalue weighted by atomic mass is 10.2. The maximum Gasteiger partial charge on any atom is 0.0898 e. The molecule has 0 aliphatic heterocycles. The number of rotatable bonds is 4. The number of nitrogens with zero attached hydrogens (tertiary/aromatic N) is 2. The average molecular weight is 283 g/mol. The van der Waals surface area contributed by atoms with Crippen molar-refractivity contribution in [2.75, 3.05) is 5.32 Å². The molecule has 1 N–H and O–H groups in total. The monoisotopic (exact) mass is 283 g/mol. The Morgan fingerprint density at radius 3 is 2.70 bits per heavy atom. The maximum absolute atomic E-state index is 4.53. The molecule has 4 heteroatoms. The van der Waals surface area contributed by atoms with Crippen LogP contribution in [0.5, 0.6) is 0 Å². The van der Waals surface area contributed by atoms with Gasteiger partial charge in [0.2, 0.25) is 0 Å². The van der Waals surface area contributed by atoms with Crippen LogP contribution in [0.3, 0.4) is 0 Å². The number of anilines is 1. The van der Waals surface area contributed by atoms with Gasteiger partial charge in [0.15, 0.2) is 0 Å². The molecule has 0 aliphatic carbocycles. The van der Waals surface area contributed by atoms with Gasteiger partial charge < -0.3 is 9.88 Å². The van der Waals surface area contributed by atoms with Gasteiger partial charge >= 0.3 is 0 Å². The quantitative estimate of drug-likeness (QED) is 0.768. The summed E-state index contributed by atoms with van der Waals surface area (Å²) < 4.78 is 2.10. The molecule has 2 aromatic heterocycles. The Morgan fingerprint density at radius 2 is 2.00 bits per heavy atom. The van der Waals surface area contributed by atoms with Gasteiger partial charge in [0.25, 0.3) is 0 Å². The molecule has 3 nitrogen and oxygen atoms in total. The number of thiazole rings is 1. The van der Waals surface area contributed by atoms with Crippen molar-refractivity contribution >= 4 is 17.0 Å². The van der Waals surface area contributed by atoms with Crippen LogP contribution < -0.4 is 5.32 Å². The molecule has 1 aromatic carbocycles. The lowest BCUT2D eigenvalue weighted by Gasteiger charge is -2.14. The molecule has 0 saturated carbocycles. The second-order valence-electron chi connectivity index (χ2n) is 4.80. The van der Waals surface area contributed by atoms with E-state index in [2.05, 4.69) is 51.4 Å². The zero-order valence-electron chi connectivity index (χ0n) is 11.6. The summed E-state index contributed by atoms with van der Waals surface area (Å²) in [6.07, 6.45) is 4.10. The Bertz CT molecular complexity index is 685. The minimum absolute atomic E-state index is 0.208. The Balaban J connectivity index is 1.79. The van der Waals surface area contributed by atoms with Crippen LogP contribution in [0.1, 0.15) is 23.7 Å². The number of aryl methyl sites for hydroxylation is 1. The van der Waals surface area contributed by atoms with E-state index in [9.17, 15) is 0 Å². The summed E-state index contributed by atoms with van der Waals surface area (Å²) in [6, 6.07) is 12.7. The summed E-state index contributed by atoms with van der Waals surface area (Å²) >= 11 is 1.69. The first-order chi connectivity index (χ1) is 9.72. The molecule has 1 unspecified atom stereocenters. The predicted molar refractivity (Wildman–Crippen MR) is 84.7 cm³/mol. The van der Waals surface area contributed by atoms with Crippen LogP contribution in [-0.4, -0.2) is 9.55 Å². The molecule has 1 atom stereocenters. The highest BCUT2D eigenvalue weighted by Gasteiger charge is 2.09. The summed E-state index contributed by atoms with van der Waals surface area (Å²) in [5, 5.41) is 6.72. The Morgan fingerprint density at radius 1 is 1.20 bits per heavy atom. The van der Waals surface area contributed by atoms with Crippen molar-refractivity contribution < 1.29 is 0 Å². The summed E-state index contributed by atoms with van der Waals surface area (Å²) in [7, 11) is 0. The van der Waals surface area contributed by atoms with Crippen molar-refractivity contribution in [1.82, 2.24) is 9.55 Å². The van der Waals surface area contributed by atoms with Crippen LogP contribution in [-0.2, 0) is 0 Å².